The van der Waals surface area contributed by atoms with Crippen molar-refractivity contribution in [3.05, 3.63) is 29.8 Å². The Balaban J connectivity index is 2.03. The van der Waals surface area contributed by atoms with Gasteiger partial charge in [0.15, 0.2) is 0 Å². The predicted octanol–water partition coefficient (Wildman–Crippen LogP) is 3.55. The molecule has 3 nitrogen and oxygen atoms in total. The lowest BCUT2D eigenvalue weighted by molar-refractivity contribution is 0.145. The summed E-state index contributed by atoms with van der Waals surface area (Å²) in [6, 6.07) is 8.75. The van der Waals surface area contributed by atoms with Crippen LogP contribution in [0.3, 0.4) is 0 Å². The van der Waals surface area contributed by atoms with E-state index in [1.807, 2.05) is 13.1 Å². The summed E-state index contributed by atoms with van der Waals surface area (Å²) in [6.45, 7) is 1.23. The van der Waals surface area contributed by atoms with Crippen LogP contribution < -0.4 is 10.1 Å². The van der Waals surface area contributed by atoms with Gasteiger partial charge in [-0.1, -0.05) is 43.9 Å². The molecule has 1 aromatic rings. The van der Waals surface area contributed by atoms with Gasteiger partial charge in [-0.25, -0.2) is 0 Å². The summed E-state index contributed by atoms with van der Waals surface area (Å²) in [6.07, 6.45) is 6.76. The summed E-state index contributed by atoms with van der Waals surface area (Å²) in [7, 11) is 3.75. The van der Waals surface area contributed by atoms with Gasteiger partial charge < -0.3 is 14.8 Å². The van der Waals surface area contributed by atoms with Crippen LogP contribution in [0, 0.1) is 5.92 Å². The smallest absolute Gasteiger partial charge is 0.124 e. The highest BCUT2D eigenvalue weighted by Gasteiger charge is 2.22. The Morgan fingerprint density at radius 1 is 1.20 bits per heavy atom. The topological polar surface area (TPSA) is 30.5 Å². The summed E-state index contributed by atoms with van der Waals surface area (Å²) in [5.74, 6) is 1.85. The fraction of sp³-hybridized carbons (Fsp3) is 0.647. The van der Waals surface area contributed by atoms with E-state index in [-0.39, 0.29) is 0 Å². The minimum atomic E-state index is 0.386. The predicted molar refractivity (Wildman–Crippen MR) is 82.2 cm³/mol. The van der Waals surface area contributed by atoms with Gasteiger partial charge in [0, 0.05) is 18.7 Å². The van der Waals surface area contributed by atoms with Crippen LogP contribution in [0.2, 0.25) is 0 Å². The molecule has 0 aromatic heterocycles. The maximum Gasteiger partial charge on any atom is 0.124 e. The number of nitrogens with one attached hydrogen (secondary N) is 1. The second-order valence-electron chi connectivity index (χ2n) is 5.61. The molecule has 20 heavy (non-hydrogen) atoms. The molecule has 0 aliphatic heterocycles. The maximum absolute atomic E-state index is 5.86. The summed E-state index contributed by atoms with van der Waals surface area (Å²) in [5, 5.41) is 3.46. The molecule has 0 radical (unpaired) electrons. The summed E-state index contributed by atoms with van der Waals surface area (Å²) >= 11 is 0. The van der Waals surface area contributed by atoms with E-state index in [1.165, 1.54) is 37.7 Å². The van der Waals surface area contributed by atoms with Crippen molar-refractivity contribution < 1.29 is 9.47 Å². The van der Waals surface area contributed by atoms with Gasteiger partial charge in [-0.05, 0) is 25.5 Å². The average molecular weight is 277 g/mol. The van der Waals surface area contributed by atoms with Gasteiger partial charge >= 0.3 is 0 Å². The van der Waals surface area contributed by atoms with Gasteiger partial charge in [0.25, 0.3) is 0 Å². The van der Waals surface area contributed by atoms with Crippen LogP contribution in [0.4, 0.5) is 0 Å². The Morgan fingerprint density at radius 3 is 2.65 bits per heavy atom. The highest BCUT2D eigenvalue weighted by Crippen LogP contribution is 2.35. The summed E-state index contributed by atoms with van der Waals surface area (Å²) in [4.78, 5) is 0. The van der Waals surface area contributed by atoms with Crippen LogP contribution in [0.25, 0.3) is 0 Å². The van der Waals surface area contributed by atoms with Crippen LogP contribution >= 0.6 is 0 Å². The van der Waals surface area contributed by atoms with Crippen molar-refractivity contribution in [1.29, 1.82) is 0 Å². The Kier molecular flexibility index (Phi) is 6.34. The van der Waals surface area contributed by atoms with E-state index < -0.39 is 0 Å². The van der Waals surface area contributed by atoms with Crippen LogP contribution in [-0.4, -0.2) is 27.4 Å². The van der Waals surface area contributed by atoms with E-state index in [2.05, 4.69) is 23.5 Å². The fourth-order valence-corrected chi connectivity index (χ4v) is 3.11. The molecule has 1 atom stereocenters. The first-order valence-corrected chi connectivity index (χ1v) is 7.73. The molecular formula is C17H27NO2. The molecule has 2 rings (SSSR count). The van der Waals surface area contributed by atoms with Gasteiger partial charge in [0.05, 0.1) is 6.61 Å². The molecule has 1 fully saturated rings. The van der Waals surface area contributed by atoms with Crippen molar-refractivity contribution in [2.75, 3.05) is 27.4 Å². The first kappa shape index (κ1) is 15.3. The van der Waals surface area contributed by atoms with Crippen LogP contribution in [0.15, 0.2) is 24.3 Å². The van der Waals surface area contributed by atoms with Crippen molar-refractivity contribution in [3.8, 4) is 5.75 Å². The number of rotatable bonds is 8. The number of methoxy groups -OCH3 is 1. The minimum absolute atomic E-state index is 0.386. The average Bonchev–Trinajstić information content (AvgIpc) is 2.99. The van der Waals surface area contributed by atoms with E-state index in [0.29, 0.717) is 19.3 Å². The fourth-order valence-electron chi connectivity index (χ4n) is 3.11. The lowest BCUT2D eigenvalue weighted by atomic mass is 9.93. The molecule has 0 bridgehead atoms. The summed E-state index contributed by atoms with van der Waals surface area (Å²) in [5.41, 5.74) is 1.28. The van der Waals surface area contributed by atoms with Gasteiger partial charge in [-0.15, -0.1) is 0 Å². The molecular weight excluding hydrogens is 250 g/mol. The maximum atomic E-state index is 5.86. The Morgan fingerprint density at radius 2 is 1.95 bits per heavy atom. The van der Waals surface area contributed by atoms with Crippen LogP contribution in [0.1, 0.15) is 43.7 Å². The number of hydrogen-bond acceptors (Lipinski definition) is 3. The molecule has 0 saturated heterocycles. The van der Waals surface area contributed by atoms with Crippen LogP contribution in [-0.2, 0) is 4.74 Å². The van der Waals surface area contributed by atoms with Crippen molar-refractivity contribution in [1.82, 2.24) is 5.32 Å². The van der Waals surface area contributed by atoms with E-state index >= 15 is 0 Å². The SMILES string of the molecule is CNC(CC1CCCC1)c1ccccc1OCCOC. The summed E-state index contributed by atoms with van der Waals surface area (Å²) < 4.78 is 10.9. The number of ether oxygens (including phenoxy) is 2. The first-order chi connectivity index (χ1) is 9.85. The molecule has 3 heteroatoms. The monoisotopic (exact) mass is 277 g/mol. The van der Waals surface area contributed by atoms with Crippen molar-refractivity contribution in [2.24, 2.45) is 5.92 Å². The molecule has 0 amide bonds. The molecule has 1 aliphatic rings. The van der Waals surface area contributed by atoms with Gasteiger partial charge in [0.2, 0.25) is 0 Å². The standard InChI is InChI=1S/C17H27NO2/c1-18-16(13-14-7-3-4-8-14)15-9-5-6-10-17(15)20-12-11-19-2/h5-6,9-10,14,16,18H,3-4,7-8,11-13H2,1-2H3. The number of benzene rings is 1. The molecule has 112 valence electrons. The normalized spacial score (nSPS) is 17.3. The van der Waals surface area contributed by atoms with Crippen molar-refractivity contribution in [2.45, 2.75) is 38.1 Å². The molecule has 1 N–H and O–H groups in total. The third kappa shape index (κ3) is 4.22. The van der Waals surface area contributed by atoms with E-state index in [4.69, 9.17) is 9.47 Å². The lowest BCUT2D eigenvalue weighted by Crippen LogP contribution is -2.20. The molecule has 1 unspecified atom stereocenters. The third-order valence-electron chi connectivity index (χ3n) is 4.23. The molecule has 0 spiro atoms. The molecule has 1 aromatic carbocycles. The zero-order valence-corrected chi connectivity index (χ0v) is 12.7. The van der Waals surface area contributed by atoms with E-state index in [0.717, 1.165) is 11.7 Å². The largest absolute Gasteiger partial charge is 0.491 e. The third-order valence-corrected chi connectivity index (χ3v) is 4.23. The Hall–Kier alpha value is -1.06. The molecule has 1 aliphatic carbocycles. The zero-order valence-electron chi connectivity index (χ0n) is 12.7. The highest BCUT2D eigenvalue weighted by atomic mass is 16.5. The molecule has 0 heterocycles. The Bertz CT molecular complexity index is 388. The second kappa shape index (κ2) is 8.28. The number of hydrogen-bond donors (Lipinski definition) is 1. The number of para-hydroxylation sites is 1. The van der Waals surface area contributed by atoms with E-state index in [1.54, 1.807) is 7.11 Å². The molecule has 1 saturated carbocycles. The zero-order chi connectivity index (χ0) is 14.2. The first-order valence-electron chi connectivity index (χ1n) is 7.73. The van der Waals surface area contributed by atoms with Gasteiger partial charge in [-0.3, -0.25) is 0 Å². The van der Waals surface area contributed by atoms with Gasteiger partial charge in [-0.2, -0.15) is 0 Å². The quantitative estimate of drug-likeness (QED) is 0.737. The van der Waals surface area contributed by atoms with Crippen molar-refractivity contribution >= 4 is 0 Å². The van der Waals surface area contributed by atoms with E-state index in [9.17, 15) is 0 Å². The van der Waals surface area contributed by atoms with Gasteiger partial charge in [0.1, 0.15) is 12.4 Å². The van der Waals surface area contributed by atoms with Crippen LogP contribution in [0.5, 0.6) is 5.75 Å². The minimum Gasteiger partial charge on any atom is -0.491 e. The lowest BCUT2D eigenvalue weighted by Gasteiger charge is -2.23. The highest BCUT2D eigenvalue weighted by molar-refractivity contribution is 5.36. The van der Waals surface area contributed by atoms with Crippen molar-refractivity contribution in [3.63, 3.8) is 0 Å². The second-order valence-corrected chi connectivity index (χ2v) is 5.61. The Labute approximate surface area is 122 Å².